The summed E-state index contributed by atoms with van der Waals surface area (Å²) in [5, 5.41) is 29.0. The van der Waals surface area contributed by atoms with Crippen molar-refractivity contribution in [3.63, 3.8) is 0 Å². The fourth-order valence-corrected chi connectivity index (χ4v) is 3.49. The maximum Gasteiger partial charge on any atom is 0.320 e. The van der Waals surface area contributed by atoms with E-state index in [0.717, 1.165) is 0 Å². The molecule has 1 aliphatic heterocycles. The van der Waals surface area contributed by atoms with Gasteiger partial charge in [0.1, 0.15) is 24.1 Å². The zero-order valence-electron chi connectivity index (χ0n) is 13.2. The van der Waals surface area contributed by atoms with Gasteiger partial charge in [0.15, 0.2) is 11.9 Å². The smallest absolute Gasteiger partial charge is 0.320 e. The highest BCUT2D eigenvalue weighted by Crippen LogP contribution is 2.33. The SMILES string of the molecule is NC(=O)c1ncn([C@@H]2O[C@H](CSCC[C@H](N)C(=O)O)[C@@H](O)[C@H]2O)c1N. The van der Waals surface area contributed by atoms with Crippen LogP contribution in [-0.4, -0.2) is 72.6 Å². The molecule has 140 valence electrons. The fourth-order valence-electron chi connectivity index (χ4n) is 2.39. The van der Waals surface area contributed by atoms with Crippen molar-refractivity contribution in [2.75, 3.05) is 17.2 Å². The predicted octanol–water partition coefficient (Wildman–Crippen LogP) is -2.28. The third-order valence-corrected chi connectivity index (χ3v) is 4.94. The van der Waals surface area contributed by atoms with Gasteiger partial charge >= 0.3 is 5.97 Å². The molecule has 1 aromatic rings. The molecule has 0 spiro atoms. The zero-order valence-corrected chi connectivity index (χ0v) is 14.0. The van der Waals surface area contributed by atoms with Crippen LogP contribution in [0.2, 0.25) is 0 Å². The molecule has 9 N–H and O–H groups in total. The van der Waals surface area contributed by atoms with E-state index in [1.807, 2.05) is 0 Å². The summed E-state index contributed by atoms with van der Waals surface area (Å²) in [5.74, 6) is -1.18. The highest BCUT2D eigenvalue weighted by Gasteiger charge is 2.44. The standard InChI is InChI=1S/C13H21N5O6S/c14-5(13(22)23)1-2-25-3-6-8(19)9(20)12(24-6)18-4-17-7(10(18)15)11(16)21/h4-6,8-9,12,19-20H,1-3,14-15H2,(H2,16,21)(H,22,23)/t5-,6+,8+,9+,12+/m0/s1. The Bertz CT molecular complexity index is 640. The van der Waals surface area contributed by atoms with Crippen LogP contribution in [0, 0.1) is 0 Å². The maximum atomic E-state index is 11.2. The fraction of sp³-hybridized carbons (Fsp3) is 0.615. The number of aromatic nitrogens is 2. The van der Waals surface area contributed by atoms with Crippen LogP contribution in [0.4, 0.5) is 5.82 Å². The monoisotopic (exact) mass is 375 g/mol. The molecule has 11 nitrogen and oxygen atoms in total. The molecule has 2 rings (SSSR count). The third kappa shape index (κ3) is 4.22. The number of amides is 1. The number of aliphatic hydroxyl groups is 2. The lowest BCUT2D eigenvalue weighted by atomic mass is 10.1. The van der Waals surface area contributed by atoms with E-state index in [1.54, 1.807) is 0 Å². The Morgan fingerprint density at radius 2 is 2.08 bits per heavy atom. The van der Waals surface area contributed by atoms with E-state index >= 15 is 0 Å². The van der Waals surface area contributed by atoms with Crippen LogP contribution in [0.25, 0.3) is 0 Å². The Balaban J connectivity index is 1.94. The second kappa shape index (κ2) is 8.01. The van der Waals surface area contributed by atoms with Gasteiger partial charge in [0.2, 0.25) is 0 Å². The number of primary amides is 1. The van der Waals surface area contributed by atoms with Gasteiger partial charge in [-0.2, -0.15) is 11.8 Å². The maximum absolute atomic E-state index is 11.2. The van der Waals surface area contributed by atoms with E-state index in [9.17, 15) is 19.8 Å². The van der Waals surface area contributed by atoms with E-state index in [0.29, 0.717) is 11.5 Å². The summed E-state index contributed by atoms with van der Waals surface area (Å²) >= 11 is 1.34. The predicted molar refractivity (Wildman–Crippen MR) is 88.6 cm³/mol. The molecule has 5 atom stereocenters. The molecular weight excluding hydrogens is 354 g/mol. The Morgan fingerprint density at radius 1 is 1.40 bits per heavy atom. The number of aliphatic hydroxyl groups excluding tert-OH is 2. The average Bonchev–Trinajstić information content (AvgIpc) is 3.05. The molecule has 25 heavy (non-hydrogen) atoms. The number of anilines is 1. The summed E-state index contributed by atoms with van der Waals surface area (Å²) in [4.78, 5) is 25.6. The van der Waals surface area contributed by atoms with Crippen LogP contribution >= 0.6 is 11.8 Å². The number of carbonyl (C=O) groups is 2. The highest BCUT2D eigenvalue weighted by molar-refractivity contribution is 7.99. The molecule has 1 amide bonds. The molecule has 0 unspecified atom stereocenters. The first-order valence-electron chi connectivity index (χ1n) is 7.43. The van der Waals surface area contributed by atoms with Gasteiger partial charge in [0, 0.05) is 5.75 Å². The van der Waals surface area contributed by atoms with Gasteiger partial charge in [0.05, 0.1) is 12.4 Å². The first kappa shape index (κ1) is 19.5. The molecule has 0 radical (unpaired) electrons. The number of nitrogens with two attached hydrogens (primary N) is 3. The first-order valence-corrected chi connectivity index (χ1v) is 8.59. The van der Waals surface area contributed by atoms with Gasteiger partial charge in [-0.3, -0.25) is 14.2 Å². The zero-order chi connectivity index (χ0) is 18.7. The molecule has 0 aliphatic carbocycles. The molecule has 1 fully saturated rings. The Morgan fingerprint density at radius 3 is 2.64 bits per heavy atom. The van der Waals surface area contributed by atoms with E-state index in [2.05, 4.69) is 4.98 Å². The van der Waals surface area contributed by atoms with Crippen molar-refractivity contribution < 1.29 is 29.6 Å². The normalized spacial score (nSPS) is 27.3. The molecule has 1 saturated heterocycles. The summed E-state index contributed by atoms with van der Waals surface area (Å²) < 4.78 is 6.86. The van der Waals surface area contributed by atoms with E-state index in [1.165, 1.54) is 22.7 Å². The largest absolute Gasteiger partial charge is 0.480 e. The summed E-state index contributed by atoms with van der Waals surface area (Å²) in [7, 11) is 0. The Labute approximate surface area is 147 Å². The summed E-state index contributed by atoms with van der Waals surface area (Å²) in [6.07, 6.45) is -2.69. The minimum absolute atomic E-state index is 0.0653. The van der Waals surface area contributed by atoms with Crippen LogP contribution in [0.1, 0.15) is 23.1 Å². The van der Waals surface area contributed by atoms with Crippen LogP contribution in [-0.2, 0) is 9.53 Å². The second-order valence-corrected chi connectivity index (χ2v) is 6.75. The van der Waals surface area contributed by atoms with Crippen LogP contribution < -0.4 is 17.2 Å². The minimum Gasteiger partial charge on any atom is -0.480 e. The van der Waals surface area contributed by atoms with E-state index < -0.39 is 42.5 Å². The van der Waals surface area contributed by atoms with Gasteiger partial charge in [-0.1, -0.05) is 0 Å². The average molecular weight is 375 g/mol. The van der Waals surface area contributed by atoms with Gasteiger partial charge in [-0.15, -0.1) is 0 Å². The van der Waals surface area contributed by atoms with Crippen molar-refractivity contribution in [2.24, 2.45) is 11.5 Å². The number of ether oxygens (including phenoxy) is 1. The lowest BCUT2D eigenvalue weighted by Crippen LogP contribution is -2.33. The lowest BCUT2D eigenvalue weighted by molar-refractivity contribution is -0.138. The molecule has 0 saturated carbocycles. The lowest BCUT2D eigenvalue weighted by Gasteiger charge is -2.17. The molecular formula is C13H21N5O6S. The van der Waals surface area contributed by atoms with Crippen LogP contribution in [0.15, 0.2) is 6.33 Å². The molecule has 12 heteroatoms. The second-order valence-electron chi connectivity index (χ2n) is 5.60. The molecule has 1 aromatic heterocycles. The number of imidazole rings is 1. The quantitative estimate of drug-likeness (QED) is 0.269. The number of nitrogen functional groups attached to an aromatic ring is 1. The van der Waals surface area contributed by atoms with Crippen LogP contribution in [0.3, 0.4) is 0 Å². The van der Waals surface area contributed by atoms with Gasteiger partial charge in [-0.05, 0) is 12.2 Å². The van der Waals surface area contributed by atoms with Crippen molar-refractivity contribution in [3.05, 3.63) is 12.0 Å². The van der Waals surface area contributed by atoms with Crippen molar-refractivity contribution in [1.82, 2.24) is 9.55 Å². The van der Waals surface area contributed by atoms with Gasteiger partial charge in [0.25, 0.3) is 5.91 Å². The van der Waals surface area contributed by atoms with Crippen molar-refractivity contribution in [1.29, 1.82) is 0 Å². The minimum atomic E-state index is -1.27. The topological polar surface area (TPSA) is 200 Å². The Kier molecular flexibility index (Phi) is 6.24. The van der Waals surface area contributed by atoms with E-state index in [4.69, 9.17) is 27.0 Å². The number of carboxylic acids is 1. The van der Waals surface area contributed by atoms with Gasteiger partial charge < -0.3 is 37.3 Å². The van der Waals surface area contributed by atoms with Gasteiger partial charge in [-0.25, -0.2) is 4.98 Å². The number of nitrogens with zero attached hydrogens (tertiary/aromatic N) is 2. The third-order valence-electron chi connectivity index (χ3n) is 3.85. The Hall–Kier alpha value is -1.86. The molecule has 1 aliphatic rings. The van der Waals surface area contributed by atoms with Crippen molar-refractivity contribution in [2.45, 2.75) is 37.0 Å². The molecule has 0 aromatic carbocycles. The molecule has 0 bridgehead atoms. The number of rotatable bonds is 8. The number of thioether (sulfide) groups is 1. The number of carbonyl (C=O) groups excluding carboxylic acids is 1. The van der Waals surface area contributed by atoms with Crippen LogP contribution in [0.5, 0.6) is 0 Å². The molecule has 2 heterocycles. The summed E-state index contributed by atoms with van der Waals surface area (Å²) in [6, 6.07) is -0.946. The number of hydrogen-bond donors (Lipinski definition) is 6. The number of carboxylic acid groups (broad SMARTS) is 1. The van der Waals surface area contributed by atoms with Crippen molar-refractivity contribution in [3.8, 4) is 0 Å². The van der Waals surface area contributed by atoms with Crippen molar-refractivity contribution >= 4 is 29.5 Å². The highest BCUT2D eigenvalue weighted by atomic mass is 32.2. The first-order chi connectivity index (χ1) is 11.7. The summed E-state index contributed by atoms with van der Waals surface area (Å²) in [5.41, 5.74) is 16.2. The number of hydrogen-bond acceptors (Lipinski definition) is 9. The number of aliphatic carboxylic acids is 1. The summed E-state index contributed by atoms with van der Waals surface area (Å²) in [6.45, 7) is 0. The van der Waals surface area contributed by atoms with E-state index in [-0.39, 0.29) is 17.9 Å².